The Hall–Kier alpha value is -1.21. The number of aromatic nitrogens is 2. The number of ketones is 1. The van der Waals surface area contributed by atoms with Gasteiger partial charge in [-0.2, -0.15) is 9.40 Å². The average Bonchev–Trinajstić information content (AvgIpc) is 2.76. The lowest BCUT2D eigenvalue weighted by atomic mass is 9.95. The standard InChI is InChI=1S/C11H17N3O3S/c1-13-8-11(7-12-13)18(16,17)14(2)9-3-5-10(15)6-4-9/h7-9H,3-6H2,1-2H3. The first-order valence-electron chi connectivity index (χ1n) is 5.89. The fourth-order valence-electron chi connectivity index (χ4n) is 2.18. The molecular weight excluding hydrogens is 254 g/mol. The molecule has 7 heteroatoms. The first-order valence-corrected chi connectivity index (χ1v) is 7.33. The maximum atomic E-state index is 12.3. The van der Waals surface area contributed by atoms with E-state index in [0.717, 1.165) is 0 Å². The summed E-state index contributed by atoms with van der Waals surface area (Å²) in [4.78, 5) is 11.4. The Labute approximate surface area is 107 Å². The summed E-state index contributed by atoms with van der Waals surface area (Å²) in [6.07, 6.45) is 4.98. The quantitative estimate of drug-likeness (QED) is 0.805. The molecule has 0 aliphatic heterocycles. The van der Waals surface area contributed by atoms with Gasteiger partial charge in [-0.1, -0.05) is 0 Å². The minimum atomic E-state index is -3.50. The topological polar surface area (TPSA) is 72.3 Å². The van der Waals surface area contributed by atoms with Crippen LogP contribution in [0, 0.1) is 0 Å². The van der Waals surface area contributed by atoms with Crippen LogP contribution in [0.1, 0.15) is 25.7 Å². The summed E-state index contributed by atoms with van der Waals surface area (Å²) in [6.45, 7) is 0. The predicted molar refractivity (Wildman–Crippen MR) is 65.4 cm³/mol. The van der Waals surface area contributed by atoms with E-state index in [-0.39, 0.29) is 16.7 Å². The van der Waals surface area contributed by atoms with E-state index in [9.17, 15) is 13.2 Å². The highest BCUT2D eigenvalue weighted by atomic mass is 32.2. The van der Waals surface area contributed by atoms with E-state index in [1.807, 2.05) is 0 Å². The molecule has 1 heterocycles. The minimum Gasteiger partial charge on any atom is -0.300 e. The monoisotopic (exact) mass is 271 g/mol. The fraction of sp³-hybridized carbons (Fsp3) is 0.636. The summed E-state index contributed by atoms with van der Waals surface area (Å²) in [5.41, 5.74) is 0. The fourth-order valence-corrected chi connectivity index (χ4v) is 3.58. The van der Waals surface area contributed by atoms with Crippen molar-refractivity contribution in [1.29, 1.82) is 0 Å². The van der Waals surface area contributed by atoms with Crippen molar-refractivity contribution in [1.82, 2.24) is 14.1 Å². The number of sulfonamides is 1. The van der Waals surface area contributed by atoms with Crippen LogP contribution < -0.4 is 0 Å². The van der Waals surface area contributed by atoms with Gasteiger partial charge in [0.05, 0.1) is 6.20 Å². The van der Waals surface area contributed by atoms with Crippen molar-refractivity contribution in [3.8, 4) is 0 Å². The molecule has 1 aliphatic carbocycles. The molecule has 100 valence electrons. The molecule has 0 saturated heterocycles. The second-order valence-electron chi connectivity index (χ2n) is 4.64. The van der Waals surface area contributed by atoms with Gasteiger partial charge in [0, 0.05) is 39.2 Å². The van der Waals surface area contributed by atoms with Gasteiger partial charge in [0.15, 0.2) is 0 Å². The van der Waals surface area contributed by atoms with Crippen LogP contribution in [0.3, 0.4) is 0 Å². The molecule has 0 aromatic carbocycles. The van der Waals surface area contributed by atoms with E-state index < -0.39 is 10.0 Å². The Morgan fingerprint density at radius 1 is 1.39 bits per heavy atom. The molecule has 1 saturated carbocycles. The molecule has 1 aliphatic rings. The molecule has 1 fully saturated rings. The third-order valence-electron chi connectivity index (χ3n) is 3.39. The largest absolute Gasteiger partial charge is 0.300 e. The maximum absolute atomic E-state index is 12.3. The van der Waals surface area contributed by atoms with Crippen LogP contribution in [0.25, 0.3) is 0 Å². The third kappa shape index (κ3) is 2.46. The molecule has 0 bridgehead atoms. The van der Waals surface area contributed by atoms with Gasteiger partial charge in [-0.3, -0.25) is 9.48 Å². The van der Waals surface area contributed by atoms with Crippen molar-refractivity contribution in [2.45, 2.75) is 36.6 Å². The number of rotatable bonds is 3. The molecule has 2 rings (SSSR count). The lowest BCUT2D eigenvalue weighted by Gasteiger charge is -2.29. The molecule has 1 aromatic heterocycles. The van der Waals surface area contributed by atoms with Gasteiger partial charge < -0.3 is 0 Å². The van der Waals surface area contributed by atoms with Crippen LogP contribution in [0.2, 0.25) is 0 Å². The summed E-state index contributed by atoms with van der Waals surface area (Å²) >= 11 is 0. The third-order valence-corrected chi connectivity index (χ3v) is 5.25. The van der Waals surface area contributed by atoms with Crippen LogP contribution in [-0.2, 0) is 21.9 Å². The normalized spacial score (nSPS) is 18.5. The molecule has 18 heavy (non-hydrogen) atoms. The second-order valence-corrected chi connectivity index (χ2v) is 6.64. The van der Waals surface area contributed by atoms with E-state index in [4.69, 9.17) is 0 Å². The molecule has 0 amide bonds. The van der Waals surface area contributed by atoms with Gasteiger partial charge in [0.1, 0.15) is 10.7 Å². The number of nitrogens with zero attached hydrogens (tertiary/aromatic N) is 3. The van der Waals surface area contributed by atoms with Crippen molar-refractivity contribution in [2.24, 2.45) is 7.05 Å². The van der Waals surface area contributed by atoms with Crippen molar-refractivity contribution in [2.75, 3.05) is 7.05 Å². The van der Waals surface area contributed by atoms with Crippen LogP contribution in [0.15, 0.2) is 17.3 Å². The van der Waals surface area contributed by atoms with Crippen LogP contribution in [0.5, 0.6) is 0 Å². The summed E-state index contributed by atoms with van der Waals surface area (Å²) in [7, 11) is -0.245. The molecule has 0 radical (unpaired) electrons. The number of carbonyl (C=O) groups excluding carboxylic acids is 1. The zero-order valence-electron chi connectivity index (χ0n) is 10.5. The van der Waals surface area contributed by atoms with E-state index in [1.54, 1.807) is 14.1 Å². The average molecular weight is 271 g/mol. The Bertz CT molecular complexity index is 540. The van der Waals surface area contributed by atoms with Gasteiger partial charge in [-0.25, -0.2) is 8.42 Å². The maximum Gasteiger partial charge on any atom is 0.246 e. The van der Waals surface area contributed by atoms with Gasteiger partial charge in [0.25, 0.3) is 0 Å². The summed E-state index contributed by atoms with van der Waals surface area (Å²) < 4.78 is 27.5. The molecule has 0 unspecified atom stereocenters. The zero-order chi connectivity index (χ0) is 13.3. The lowest BCUT2D eigenvalue weighted by Crippen LogP contribution is -2.39. The van der Waals surface area contributed by atoms with Crippen LogP contribution in [-0.4, -0.2) is 41.4 Å². The molecule has 0 N–H and O–H groups in total. The Kier molecular flexibility index (Phi) is 3.54. The van der Waals surface area contributed by atoms with E-state index in [1.165, 1.54) is 21.4 Å². The first-order chi connectivity index (χ1) is 8.41. The minimum absolute atomic E-state index is 0.0899. The Morgan fingerprint density at radius 3 is 2.50 bits per heavy atom. The van der Waals surface area contributed by atoms with Crippen molar-refractivity contribution < 1.29 is 13.2 Å². The molecule has 1 aromatic rings. The van der Waals surface area contributed by atoms with E-state index in [0.29, 0.717) is 25.7 Å². The van der Waals surface area contributed by atoms with Crippen molar-refractivity contribution in [3.63, 3.8) is 0 Å². The van der Waals surface area contributed by atoms with Gasteiger partial charge >= 0.3 is 0 Å². The van der Waals surface area contributed by atoms with Gasteiger partial charge in [0.2, 0.25) is 10.0 Å². The zero-order valence-corrected chi connectivity index (χ0v) is 11.4. The lowest BCUT2D eigenvalue weighted by molar-refractivity contribution is -0.120. The highest BCUT2D eigenvalue weighted by Crippen LogP contribution is 2.24. The summed E-state index contributed by atoms with van der Waals surface area (Å²) in [5, 5.41) is 3.88. The SMILES string of the molecule is CN(C1CCC(=O)CC1)S(=O)(=O)c1cnn(C)c1. The summed E-state index contributed by atoms with van der Waals surface area (Å²) in [5.74, 6) is 0.221. The summed E-state index contributed by atoms with van der Waals surface area (Å²) in [6, 6.07) is -0.0899. The number of hydrogen-bond donors (Lipinski definition) is 0. The van der Waals surface area contributed by atoms with Crippen LogP contribution in [0.4, 0.5) is 0 Å². The Balaban J connectivity index is 2.17. The predicted octanol–water partition coefficient (Wildman–Crippen LogP) is 0.552. The van der Waals surface area contributed by atoms with E-state index >= 15 is 0 Å². The number of hydrogen-bond acceptors (Lipinski definition) is 4. The first kappa shape index (κ1) is 13.2. The Morgan fingerprint density at radius 2 is 2.00 bits per heavy atom. The molecule has 0 spiro atoms. The molecule has 6 nitrogen and oxygen atoms in total. The highest BCUT2D eigenvalue weighted by Gasteiger charge is 2.31. The highest BCUT2D eigenvalue weighted by molar-refractivity contribution is 7.89. The van der Waals surface area contributed by atoms with Crippen LogP contribution >= 0.6 is 0 Å². The second kappa shape index (κ2) is 4.81. The van der Waals surface area contributed by atoms with Crippen molar-refractivity contribution in [3.05, 3.63) is 12.4 Å². The smallest absolute Gasteiger partial charge is 0.246 e. The van der Waals surface area contributed by atoms with Gasteiger partial charge in [-0.05, 0) is 12.8 Å². The molecular formula is C11H17N3O3S. The molecule has 0 atom stereocenters. The van der Waals surface area contributed by atoms with Gasteiger partial charge in [-0.15, -0.1) is 0 Å². The van der Waals surface area contributed by atoms with Crippen molar-refractivity contribution >= 4 is 15.8 Å². The number of carbonyl (C=O) groups is 1. The van der Waals surface area contributed by atoms with E-state index in [2.05, 4.69) is 5.10 Å². The number of aryl methyl sites for hydroxylation is 1. The number of Topliss-reactive ketones (excluding diaryl/α,β-unsaturated/α-hetero) is 1.